The molecule has 0 spiro atoms. The molecule has 0 saturated carbocycles. The van der Waals surface area contributed by atoms with E-state index in [9.17, 15) is 4.79 Å². The summed E-state index contributed by atoms with van der Waals surface area (Å²) in [6.45, 7) is 5.78. The number of hydrogen-bond acceptors (Lipinski definition) is 4. The van der Waals surface area contributed by atoms with Gasteiger partial charge in [0.1, 0.15) is 5.52 Å². The van der Waals surface area contributed by atoms with E-state index in [1.165, 1.54) is 0 Å². The molecular formula is C22H24N2O2S. The molecule has 0 atom stereocenters. The van der Waals surface area contributed by atoms with Crippen molar-refractivity contribution in [2.45, 2.75) is 42.8 Å². The fraction of sp³-hybridized carbons (Fsp3) is 0.364. The number of hydrogen-bond donors (Lipinski definition) is 0. The maximum atomic E-state index is 13.1. The lowest BCUT2D eigenvalue weighted by molar-refractivity contribution is 0.0703. The Morgan fingerprint density at radius 2 is 1.81 bits per heavy atom. The van der Waals surface area contributed by atoms with Crippen molar-refractivity contribution < 1.29 is 9.21 Å². The minimum atomic E-state index is 0.134. The number of carbonyl (C=O) groups excluding carboxylic acids is 1. The summed E-state index contributed by atoms with van der Waals surface area (Å²) in [5.41, 5.74) is 2.56. The average molecular weight is 381 g/mol. The summed E-state index contributed by atoms with van der Waals surface area (Å²) in [6, 6.07) is 15.8. The van der Waals surface area contributed by atoms with Crippen LogP contribution < -0.4 is 0 Å². The number of oxazole rings is 1. The number of benzene rings is 2. The molecule has 2 aromatic carbocycles. The molecule has 140 valence electrons. The number of aromatic nitrogens is 1. The Bertz CT molecular complexity index is 909. The van der Waals surface area contributed by atoms with Crippen molar-refractivity contribution in [3.05, 3.63) is 60.0 Å². The zero-order valence-corrected chi connectivity index (χ0v) is 16.5. The summed E-state index contributed by atoms with van der Waals surface area (Å²) in [7, 11) is 0. The van der Waals surface area contributed by atoms with Gasteiger partial charge in [-0.3, -0.25) is 4.79 Å². The molecule has 0 aliphatic carbocycles. The third-order valence-corrected chi connectivity index (χ3v) is 6.00. The topological polar surface area (TPSA) is 46.3 Å². The molecule has 3 aromatic rings. The number of thioether (sulfide) groups is 1. The van der Waals surface area contributed by atoms with Crippen LogP contribution in [-0.2, 0) is 0 Å². The molecule has 0 N–H and O–H groups in total. The van der Waals surface area contributed by atoms with E-state index in [4.69, 9.17) is 4.42 Å². The molecule has 0 bridgehead atoms. The first-order valence-electron chi connectivity index (χ1n) is 9.52. The van der Waals surface area contributed by atoms with Crippen molar-refractivity contribution >= 4 is 28.8 Å². The van der Waals surface area contributed by atoms with Gasteiger partial charge in [-0.05, 0) is 37.1 Å². The molecule has 0 unspecified atom stereocenters. The van der Waals surface area contributed by atoms with Crippen LogP contribution in [0.4, 0.5) is 0 Å². The molecule has 4 nitrogen and oxygen atoms in total. The van der Waals surface area contributed by atoms with Gasteiger partial charge in [0.2, 0.25) is 0 Å². The Labute approximate surface area is 164 Å². The second-order valence-corrected chi connectivity index (χ2v) is 8.87. The van der Waals surface area contributed by atoms with E-state index >= 15 is 0 Å². The van der Waals surface area contributed by atoms with Gasteiger partial charge < -0.3 is 9.32 Å². The van der Waals surface area contributed by atoms with Crippen molar-refractivity contribution in [3.63, 3.8) is 0 Å². The van der Waals surface area contributed by atoms with E-state index in [-0.39, 0.29) is 11.8 Å². The monoisotopic (exact) mass is 380 g/mol. The summed E-state index contributed by atoms with van der Waals surface area (Å²) >= 11 is 1.74. The summed E-state index contributed by atoms with van der Waals surface area (Å²) in [4.78, 5) is 20.7. The lowest BCUT2D eigenvalue weighted by Crippen LogP contribution is -2.38. The van der Waals surface area contributed by atoms with Gasteiger partial charge in [-0.25, -0.2) is 4.98 Å². The van der Waals surface area contributed by atoms with E-state index in [1.54, 1.807) is 11.8 Å². The van der Waals surface area contributed by atoms with Crippen molar-refractivity contribution in [2.24, 2.45) is 0 Å². The molecular weight excluding hydrogens is 356 g/mol. The van der Waals surface area contributed by atoms with Gasteiger partial charge in [-0.15, -0.1) is 11.8 Å². The number of piperidine rings is 1. The van der Waals surface area contributed by atoms with Gasteiger partial charge in [0, 0.05) is 29.2 Å². The molecule has 0 radical (unpaired) electrons. The molecule has 4 rings (SSSR count). The van der Waals surface area contributed by atoms with Crippen LogP contribution >= 0.6 is 11.8 Å². The van der Waals surface area contributed by atoms with Crippen LogP contribution in [0.2, 0.25) is 0 Å². The van der Waals surface area contributed by atoms with Gasteiger partial charge in [-0.1, -0.05) is 38.1 Å². The van der Waals surface area contributed by atoms with Gasteiger partial charge in [0.15, 0.2) is 11.5 Å². The molecule has 27 heavy (non-hydrogen) atoms. The van der Waals surface area contributed by atoms with Crippen LogP contribution in [0.1, 0.15) is 48.9 Å². The predicted molar refractivity (Wildman–Crippen MR) is 109 cm³/mol. The summed E-state index contributed by atoms with van der Waals surface area (Å²) in [6.07, 6.45) is 1.77. The quantitative estimate of drug-likeness (QED) is 0.573. The van der Waals surface area contributed by atoms with E-state index in [0.29, 0.717) is 5.25 Å². The van der Waals surface area contributed by atoms with Crippen molar-refractivity contribution in [3.8, 4) is 0 Å². The number of carbonyl (C=O) groups is 1. The number of para-hydroxylation sites is 2. The fourth-order valence-electron chi connectivity index (χ4n) is 3.56. The van der Waals surface area contributed by atoms with Crippen LogP contribution in [0, 0.1) is 0 Å². The average Bonchev–Trinajstić information content (AvgIpc) is 3.12. The second kappa shape index (κ2) is 7.77. The molecule has 2 heterocycles. The number of nitrogens with zero attached hydrogens (tertiary/aromatic N) is 2. The standard InChI is InChI=1S/C22H24N2O2S/c1-15(2)27-20-10-6-3-7-17(20)22(25)24-13-11-16(12-14-24)21-23-18-8-4-5-9-19(18)26-21/h3-10,15-16H,11-14H2,1-2H3. The Morgan fingerprint density at radius 1 is 1.11 bits per heavy atom. The SMILES string of the molecule is CC(C)Sc1ccccc1C(=O)N1CCC(c2nc3ccccc3o2)CC1. The van der Waals surface area contributed by atoms with Crippen LogP contribution in [0.3, 0.4) is 0 Å². The Hall–Kier alpha value is -2.27. The minimum Gasteiger partial charge on any atom is -0.440 e. The fourth-order valence-corrected chi connectivity index (χ4v) is 4.51. The predicted octanol–water partition coefficient (Wildman–Crippen LogP) is 5.35. The lowest BCUT2D eigenvalue weighted by atomic mass is 9.96. The highest BCUT2D eigenvalue weighted by atomic mass is 32.2. The molecule has 1 amide bonds. The van der Waals surface area contributed by atoms with E-state index < -0.39 is 0 Å². The normalized spacial score (nSPS) is 15.6. The van der Waals surface area contributed by atoms with Gasteiger partial charge in [-0.2, -0.15) is 0 Å². The highest BCUT2D eigenvalue weighted by molar-refractivity contribution is 8.00. The zero-order chi connectivity index (χ0) is 18.8. The van der Waals surface area contributed by atoms with Crippen molar-refractivity contribution in [1.29, 1.82) is 0 Å². The lowest BCUT2D eigenvalue weighted by Gasteiger charge is -2.31. The molecule has 1 aliphatic heterocycles. The number of likely N-dealkylation sites (tertiary alicyclic amines) is 1. The maximum Gasteiger partial charge on any atom is 0.254 e. The number of fused-ring (bicyclic) bond motifs is 1. The summed E-state index contributed by atoms with van der Waals surface area (Å²) < 4.78 is 5.93. The first kappa shape index (κ1) is 18.1. The van der Waals surface area contributed by atoms with Crippen LogP contribution in [0.25, 0.3) is 11.1 Å². The Kier molecular flexibility index (Phi) is 5.21. The molecule has 1 aliphatic rings. The third-order valence-electron chi connectivity index (χ3n) is 4.92. The van der Waals surface area contributed by atoms with E-state index in [0.717, 1.165) is 53.4 Å². The van der Waals surface area contributed by atoms with Gasteiger partial charge >= 0.3 is 0 Å². The Morgan fingerprint density at radius 3 is 2.56 bits per heavy atom. The number of amides is 1. The van der Waals surface area contributed by atoms with Crippen molar-refractivity contribution in [2.75, 3.05) is 13.1 Å². The maximum absolute atomic E-state index is 13.1. The molecule has 1 saturated heterocycles. The largest absolute Gasteiger partial charge is 0.440 e. The second-order valence-electron chi connectivity index (χ2n) is 7.25. The number of rotatable bonds is 4. The van der Waals surface area contributed by atoms with E-state index in [1.807, 2.05) is 53.4 Å². The van der Waals surface area contributed by atoms with Gasteiger partial charge in [0.25, 0.3) is 5.91 Å². The molecule has 5 heteroatoms. The minimum absolute atomic E-state index is 0.134. The molecule has 1 aromatic heterocycles. The van der Waals surface area contributed by atoms with Crippen LogP contribution in [0.15, 0.2) is 57.8 Å². The van der Waals surface area contributed by atoms with Crippen molar-refractivity contribution in [1.82, 2.24) is 9.88 Å². The van der Waals surface area contributed by atoms with Crippen LogP contribution in [0.5, 0.6) is 0 Å². The third kappa shape index (κ3) is 3.88. The van der Waals surface area contributed by atoms with Gasteiger partial charge in [0.05, 0.1) is 5.56 Å². The highest BCUT2D eigenvalue weighted by Gasteiger charge is 2.28. The smallest absolute Gasteiger partial charge is 0.254 e. The highest BCUT2D eigenvalue weighted by Crippen LogP contribution is 2.32. The zero-order valence-electron chi connectivity index (χ0n) is 15.7. The summed E-state index contributed by atoms with van der Waals surface area (Å²) in [5.74, 6) is 1.22. The van der Waals surface area contributed by atoms with E-state index in [2.05, 4.69) is 18.8 Å². The first-order valence-corrected chi connectivity index (χ1v) is 10.4. The molecule has 1 fully saturated rings. The van der Waals surface area contributed by atoms with Crippen LogP contribution in [-0.4, -0.2) is 34.1 Å². The summed E-state index contributed by atoms with van der Waals surface area (Å²) in [5, 5.41) is 0.448. The first-order chi connectivity index (χ1) is 13.1. The Balaban J connectivity index is 1.45.